The monoisotopic (exact) mass is 355 g/mol. The zero-order valence-electron chi connectivity index (χ0n) is 15.1. The van der Waals surface area contributed by atoms with Crippen LogP contribution in [-0.4, -0.2) is 26.0 Å². The quantitative estimate of drug-likeness (QED) is 0.595. The van der Waals surface area contributed by atoms with Crippen molar-refractivity contribution >= 4 is 0 Å². The molecule has 5 heteroatoms. The van der Waals surface area contributed by atoms with E-state index in [9.17, 15) is 0 Å². The van der Waals surface area contributed by atoms with E-state index < -0.39 is 5.54 Å². The minimum atomic E-state index is -0.678. The average molecular weight is 355 g/mol. The van der Waals surface area contributed by atoms with Gasteiger partial charge in [-0.3, -0.25) is 4.98 Å². The summed E-state index contributed by atoms with van der Waals surface area (Å²) in [5, 5.41) is 8.87. The summed E-state index contributed by atoms with van der Waals surface area (Å²) in [4.78, 5) is 4.39. The average Bonchev–Trinajstić information content (AvgIpc) is 3.21. The fourth-order valence-corrected chi connectivity index (χ4v) is 3.62. The van der Waals surface area contributed by atoms with Crippen molar-refractivity contribution < 1.29 is 0 Å². The van der Waals surface area contributed by atoms with Gasteiger partial charge in [0, 0.05) is 12.2 Å². The van der Waals surface area contributed by atoms with Crippen LogP contribution < -0.4 is 5.73 Å². The van der Waals surface area contributed by atoms with E-state index in [0.717, 1.165) is 16.8 Å². The Hall–Kier alpha value is -3.31. The lowest BCUT2D eigenvalue weighted by molar-refractivity contribution is 0.323. The molecule has 5 nitrogen and oxygen atoms in total. The predicted octanol–water partition coefficient (Wildman–Crippen LogP) is 3.48. The van der Waals surface area contributed by atoms with E-state index in [-0.39, 0.29) is 6.04 Å². The highest BCUT2D eigenvalue weighted by Gasteiger charge is 2.41. The van der Waals surface area contributed by atoms with Crippen molar-refractivity contribution in [1.82, 2.24) is 20.0 Å². The first-order valence-electron chi connectivity index (χ1n) is 8.94. The van der Waals surface area contributed by atoms with Crippen molar-refractivity contribution in [3.8, 4) is 11.4 Å². The molecular formula is C22H21N5. The number of nitrogens with zero attached hydrogens (tertiary/aromatic N) is 4. The van der Waals surface area contributed by atoms with Crippen LogP contribution in [0.4, 0.5) is 0 Å². The third kappa shape index (κ3) is 2.92. The molecule has 0 aliphatic heterocycles. The molecule has 0 amide bonds. The second kappa shape index (κ2) is 7.13. The zero-order chi connectivity index (χ0) is 18.7. The maximum Gasteiger partial charge on any atom is 0.131 e. The molecule has 134 valence electrons. The third-order valence-corrected chi connectivity index (χ3v) is 4.87. The Bertz CT molecular complexity index is 955. The summed E-state index contributed by atoms with van der Waals surface area (Å²) in [6.45, 7) is 2.00. The molecule has 0 spiro atoms. The van der Waals surface area contributed by atoms with Crippen molar-refractivity contribution in [2.45, 2.75) is 18.5 Å². The van der Waals surface area contributed by atoms with Gasteiger partial charge in [-0.15, -0.1) is 5.10 Å². The van der Waals surface area contributed by atoms with Crippen molar-refractivity contribution in [1.29, 1.82) is 0 Å². The Morgan fingerprint density at radius 2 is 1.41 bits per heavy atom. The smallest absolute Gasteiger partial charge is 0.131 e. The largest absolute Gasteiger partial charge is 0.325 e. The fourth-order valence-electron chi connectivity index (χ4n) is 3.62. The van der Waals surface area contributed by atoms with Crippen LogP contribution in [0.3, 0.4) is 0 Å². The van der Waals surface area contributed by atoms with Gasteiger partial charge in [0.05, 0.1) is 11.9 Å². The van der Waals surface area contributed by atoms with Crippen LogP contribution in [0.25, 0.3) is 11.4 Å². The predicted molar refractivity (Wildman–Crippen MR) is 106 cm³/mol. The normalized spacial score (nSPS) is 12.7. The first-order chi connectivity index (χ1) is 13.2. The highest BCUT2D eigenvalue weighted by atomic mass is 15.5. The highest BCUT2D eigenvalue weighted by Crippen LogP contribution is 2.36. The molecule has 0 saturated carbocycles. The Labute approximate surface area is 158 Å². The molecule has 0 saturated heterocycles. The molecule has 2 aromatic carbocycles. The van der Waals surface area contributed by atoms with Crippen molar-refractivity contribution in [2.75, 3.05) is 0 Å². The van der Waals surface area contributed by atoms with Gasteiger partial charge >= 0.3 is 0 Å². The van der Waals surface area contributed by atoms with Crippen molar-refractivity contribution in [3.05, 3.63) is 102 Å². The van der Waals surface area contributed by atoms with Crippen LogP contribution in [0.15, 0.2) is 91.3 Å². The van der Waals surface area contributed by atoms with Crippen LogP contribution >= 0.6 is 0 Å². The first kappa shape index (κ1) is 17.1. The van der Waals surface area contributed by atoms with Gasteiger partial charge in [0.2, 0.25) is 0 Å². The Kier molecular flexibility index (Phi) is 4.52. The molecular weight excluding hydrogens is 334 g/mol. The summed E-state index contributed by atoms with van der Waals surface area (Å²) in [6.07, 6.45) is 3.67. The minimum Gasteiger partial charge on any atom is -0.325 e. The van der Waals surface area contributed by atoms with Gasteiger partial charge in [0.1, 0.15) is 11.2 Å². The van der Waals surface area contributed by atoms with E-state index in [2.05, 4.69) is 39.6 Å². The van der Waals surface area contributed by atoms with Crippen LogP contribution in [0.5, 0.6) is 0 Å². The molecule has 2 N–H and O–H groups in total. The summed E-state index contributed by atoms with van der Waals surface area (Å²) in [5.41, 5.74) is 9.55. The lowest BCUT2D eigenvalue weighted by Gasteiger charge is -2.38. The third-order valence-electron chi connectivity index (χ3n) is 4.87. The molecule has 2 aromatic heterocycles. The van der Waals surface area contributed by atoms with Gasteiger partial charge in [-0.1, -0.05) is 71.9 Å². The van der Waals surface area contributed by atoms with Crippen molar-refractivity contribution in [2.24, 2.45) is 5.73 Å². The van der Waals surface area contributed by atoms with E-state index in [1.165, 1.54) is 0 Å². The van der Waals surface area contributed by atoms with Gasteiger partial charge in [-0.2, -0.15) is 0 Å². The Morgan fingerprint density at radius 3 is 1.93 bits per heavy atom. The van der Waals surface area contributed by atoms with Gasteiger partial charge in [0.15, 0.2) is 0 Å². The second-order valence-electron chi connectivity index (χ2n) is 6.55. The number of benzene rings is 2. The maximum atomic E-state index is 6.61. The summed E-state index contributed by atoms with van der Waals surface area (Å²) in [6, 6.07) is 25.9. The molecule has 4 aromatic rings. The van der Waals surface area contributed by atoms with Gasteiger partial charge in [0.25, 0.3) is 0 Å². The van der Waals surface area contributed by atoms with Gasteiger partial charge in [-0.25, -0.2) is 4.68 Å². The molecule has 0 bridgehead atoms. The molecule has 2 heterocycles. The summed E-state index contributed by atoms with van der Waals surface area (Å²) in [7, 11) is 0. The number of hydrogen-bond donors (Lipinski definition) is 1. The molecule has 0 unspecified atom stereocenters. The number of nitrogens with two attached hydrogens (primary N) is 1. The standard InChI is InChI=1S/C22H21N5/c1-17(23)22(18-10-4-2-5-11-18,19-12-6-3-7-13-19)27-16-21(25-26-27)20-14-8-9-15-24-20/h2-17H,23H2,1H3/t17-/m0/s1. The number of aromatic nitrogens is 4. The molecule has 1 atom stereocenters. The number of hydrogen-bond acceptors (Lipinski definition) is 4. The fraction of sp³-hybridized carbons (Fsp3) is 0.136. The molecule has 27 heavy (non-hydrogen) atoms. The van der Waals surface area contributed by atoms with E-state index in [1.807, 2.05) is 72.4 Å². The first-order valence-corrected chi connectivity index (χ1v) is 8.94. The number of rotatable bonds is 5. The Morgan fingerprint density at radius 1 is 0.815 bits per heavy atom. The lowest BCUT2D eigenvalue weighted by atomic mass is 9.77. The highest BCUT2D eigenvalue weighted by molar-refractivity contribution is 5.52. The second-order valence-corrected chi connectivity index (χ2v) is 6.55. The van der Waals surface area contributed by atoms with Crippen LogP contribution in [0, 0.1) is 0 Å². The number of pyridine rings is 1. The molecule has 4 rings (SSSR count). The topological polar surface area (TPSA) is 69.6 Å². The van der Waals surface area contributed by atoms with E-state index >= 15 is 0 Å². The van der Waals surface area contributed by atoms with Crippen LogP contribution in [-0.2, 0) is 5.54 Å². The van der Waals surface area contributed by atoms with Gasteiger partial charge in [-0.05, 0) is 30.2 Å². The molecule has 0 radical (unpaired) electrons. The van der Waals surface area contributed by atoms with Gasteiger partial charge < -0.3 is 5.73 Å². The summed E-state index contributed by atoms with van der Waals surface area (Å²) < 4.78 is 1.87. The van der Waals surface area contributed by atoms with E-state index in [0.29, 0.717) is 5.69 Å². The SMILES string of the molecule is C[C@H](N)C(c1ccccc1)(c1ccccc1)n1cc(-c2ccccn2)nn1. The zero-order valence-corrected chi connectivity index (χ0v) is 15.1. The molecule has 0 aliphatic carbocycles. The maximum absolute atomic E-state index is 6.61. The van der Waals surface area contributed by atoms with E-state index in [1.54, 1.807) is 6.20 Å². The van der Waals surface area contributed by atoms with E-state index in [4.69, 9.17) is 5.73 Å². The minimum absolute atomic E-state index is 0.249. The Balaban J connectivity index is 1.95. The van der Waals surface area contributed by atoms with Crippen molar-refractivity contribution in [3.63, 3.8) is 0 Å². The summed E-state index contributed by atoms with van der Waals surface area (Å²) in [5.74, 6) is 0. The molecule has 0 fully saturated rings. The van der Waals surface area contributed by atoms with Crippen LogP contribution in [0.1, 0.15) is 18.1 Å². The lowest BCUT2D eigenvalue weighted by Crippen LogP contribution is -2.50. The molecule has 0 aliphatic rings. The van der Waals surface area contributed by atoms with Crippen LogP contribution in [0.2, 0.25) is 0 Å². The summed E-state index contributed by atoms with van der Waals surface area (Å²) >= 11 is 0.